The van der Waals surface area contributed by atoms with Crippen LogP contribution in [-0.4, -0.2) is 26.2 Å². The van der Waals surface area contributed by atoms with Gasteiger partial charge < -0.3 is 5.11 Å². The van der Waals surface area contributed by atoms with E-state index in [9.17, 15) is 25.3 Å². The van der Waals surface area contributed by atoms with Gasteiger partial charge in [-0.1, -0.05) is 0 Å². The Morgan fingerprint density at radius 3 is 2.61 bits per heavy atom. The highest BCUT2D eigenvalue weighted by atomic mass is 79.9. The van der Waals surface area contributed by atoms with Gasteiger partial charge in [0.1, 0.15) is 0 Å². The quantitative estimate of drug-likeness (QED) is 0.460. The normalized spacial score (nSPS) is 10.7. The van der Waals surface area contributed by atoms with E-state index in [1.165, 1.54) is 30.6 Å². The lowest BCUT2D eigenvalue weighted by Crippen LogP contribution is -1.99. The Bertz CT molecular complexity index is 810. The van der Waals surface area contributed by atoms with Crippen molar-refractivity contribution in [2.75, 3.05) is 5.43 Å². The smallest absolute Gasteiger partial charge is 0.313 e. The molecule has 0 saturated carbocycles. The molecule has 0 atom stereocenters. The third-order valence-electron chi connectivity index (χ3n) is 2.63. The minimum absolute atomic E-state index is 0.0684. The predicted octanol–water partition coefficient (Wildman–Crippen LogP) is 2.81. The van der Waals surface area contributed by atoms with Crippen molar-refractivity contribution in [3.8, 4) is 5.75 Å². The number of aromatic nitrogens is 1. The van der Waals surface area contributed by atoms with Gasteiger partial charge in [-0.15, -0.1) is 0 Å². The van der Waals surface area contributed by atoms with Gasteiger partial charge in [-0.05, 0) is 28.1 Å². The Morgan fingerprint density at radius 1 is 1.26 bits per heavy atom. The molecule has 0 spiro atoms. The highest BCUT2D eigenvalue weighted by molar-refractivity contribution is 9.10. The van der Waals surface area contributed by atoms with Crippen molar-refractivity contribution < 1.29 is 15.0 Å². The number of anilines is 1. The lowest BCUT2D eigenvalue weighted by Gasteiger charge is -2.02. The molecule has 118 valence electrons. The zero-order valence-corrected chi connectivity index (χ0v) is 12.8. The molecule has 11 heteroatoms. The van der Waals surface area contributed by atoms with E-state index < -0.39 is 21.3 Å². The van der Waals surface area contributed by atoms with Crippen LogP contribution in [0.3, 0.4) is 0 Å². The summed E-state index contributed by atoms with van der Waals surface area (Å²) < 4.78 is 0.122. The summed E-state index contributed by atoms with van der Waals surface area (Å²) in [6.45, 7) is 0. The molecule has 1 aromatic carbocycles. The molecule has 0 aliphatic rings. The number of nitro benzene ring substituents is 1. The first-order chi connectivity index (χ1) is 10.9. The number of aromatic hydroxyl groups is 1. The Balaban J connectivity index is 2.25. The van der Waals surface area contributed by atoms with Crippen molar-refractivity contribution in [2.45, 2.75) is 0 Å². The summed E-state index contributed by atoms with van der Waals surface area (Å²) in [6.07, 6.45) is 2.56. The van der Waals surface area contributed by atoms with Gasteiger partial charge in [0.05, 0.1) is 20.5 Å². The number of benzene rings is 1. The van der Waals surface area contributed by atoms with Crippen molar-refractivity contribution in [3.63, 3.8) is 0 Å². The largest absolute Gasteiger partial charge is 0.501 e. The van der Waals surface area contributed by atoms with E-state index in [-0.39, 0.29) is 16.0 Å². The lowest BCUT2D eigenvalue weighted by molar-refractivity contribution is -0.386. The zero-order valence-electron chi connectivity index (χ0n) is 11.2. The van der Waals surface area contributed by atoms with Crippen LogP contribution in [0.2, 0.25) is 0 Å². The summed E-state index contributed by atoms with van der Waals surface area (Å²) in [6, 6.07) is 5.18. The molecule has 0 bridgehead atoms. The molecule has 0 unspecified atom stereocenters. The summed E-state index contributed by atoms with van der Waals surface area (Å²) in [5.74, 6) is -0.568. The average Bonchev–Trinajstić information content (AvgIpc) is 2.50. The van der Waals surface area contributed by atoms with E-state index in [4.69, 9.17) is 0 Å². The molecule has 2 aromatic rings. The van der Waals surface area contributed by atoms with E-state index in [1.54, 1.807) is 0 Å². The number of hydrogen-bond donors (Lipinski definition) is 2. The number of rotatable bonds is 5. The number of halogens is 1. The fraction of sp³-hybridized carbons (Fsp3) is 0. The lowest BCUT2D eigenvalue weighted by atomic mass is 10.2. The van der Waals surface area contributed by atoms with E-state index >= 15 is 0 Å². The maximum absolute atomic E-state index is 10.8. The van der Waals surface area contributed by atoms with Gasteiger partial charge in [-0.2, -0.15) is 5.10 Å². The van der Waals surface area contributed by atoms with Crippen LogP contribution in [0.1, 0.15) is 5.56 Å². The third-order valence-corrected chi connectivity index (χ3v) is 3.23. The number of phenols is 1. The van der Waals surface area contributed by atoms with Gasteiger partial charge in [-0.25, -0.2) is 4.98 Å². The maximum atomic E-state index is 10.8. The van der Waals surface area contributed by atoms with Gasteiger partial charge in [0.2, 0.25) is 11.6 Å². The van der Waals surface area contributed by atoms with Crippen molar-refractivity contribution in [3.05, 3.63) is 60.7 Å². The molecule has 0 saturated heterocycles. The van der Waals surface area contributed by atoms with Crippen LogP contribution in [-0.2, 0) is 0 Å². The summed E-state index contributed by atoms with van der Waals surface area (Å²) in [7, 11) is 0. The summed E-state index contributed by atoms with van der Waals surface area (Å²) >= 11 is 2.99. The van der Waals surface area contributed by atoms with E-state index in [0.717, 1.165) is 6.07 Å². The van der Waals surface area contributed by atoms with Crippen LogP contribution >= 0.6 is 15.9 Å². The molecule has 0 radical (unpaired) electrons. The molecule has 2 N–H and O–H groups in total. The predicted molar refractivity (Wildman–Crippen MR) is 84.6 cm³/mol. The molecule has 1 aromatic heterocycles. The minimum Gasteiger partial charge on any atom is -0.501 e. The van der Waals surface area contributed by atoms with Crippen molar-refractivity contribution in [1.82, 2.24) is 4.98 Å². The topological polar surface area (TPSA) is 144 Å². The standard InChI is InChI=1S/C12H8BrN5O5/c13-8-4-7(5-10(11(8)19)18(22)23)6-15-16-12-9(17(20)21)2-1-3-14-12/h1-6,19H,(H,14,16)/b15-6-. The van der Waals surface area contributed by atoms with Gasteiger partial charge in [0.15, 0.2) is 0 Å². The number of hydrazone groups is 1. The first-order valence-corrected chi connectivity index (χ1v) is 6.75. The van der Waals surface area contributed by atoms with E-state index in [1.807, 2.05) is 0 Å². The van der Waals surface area contributed by atoms with Crippen LogP contribution in [0.25, 0.3) is 0 Å². The van der Waals surface area contributed by atoms with Gasteiger partial charge >= 0.3 is 11.4 Å². The number of nitrogens with one attached hydrogen (secondary N) is 1. The molecule has 23 heavy (non-hydrogen) atoms. The number of pyridine rings is 1. The molecule has 2 rings (SSSR count). The molecule has 0 aliphatic heterocycles. The fourth-order valence-electron chi connectivity index (χ4n) is 1.62. The van der Waals surface area contributed by atoms with Crippen molar-refractivity contribution >= 4 is 39.3 Å². The zero-order chi connectivity index (χ0) is 17.0. The fourth-order valence-corrected chi connectivity index (χ4v) is 2.08. The highest BCUT2D eigenvalue weighted by Gasteiger charge is 2.17. The number of nitrogens with zero attached hydrogens (tertiary/aromatic N) is 4. The number of nitro groups is 2. The third kappa shape index (κ3) is 3.77. The summed E-state index contributed by atoms with van der Waals surface area (Å²) in [5.41, 5.74) is 1.94. The Kier molecular flexibility index (Phi) is 4.81. The van der Waals surface area contributed by atoms with E-state index in [0.29, 0.717) is 5.56 Å². The Morgan fingerprint density at radius 2 is 1.96 bits per heavy atom. The maximum Gasteiger partial charge on any atom is 0.313 e. The molecule has 0 fully saturated rings. The molecule has 0 amide bonds. The monoisotopic (exact) mass is 381 g/mol. The first kappa shape index (κ1) is 16.3. The van der Waals surface area contributed by atoms with Crippen LogP contribution in [0.4, 0.5) is 17.2 Å². The summed E-state index contributed by atoms with van der Waals surface area (Å²) in [5, 5.41) is 35.0. The second kappa shape index (κ2) is 6.79. The molecular formula is C12H8BrN5O5. The van der Waals surface area contributed by atoms with Crippen LogP contribution in [0.15, 0.2) is 40.0 Å². The number of phenolic OH excluding ortho intramolecular Hbond substituents is 1. The van der Waals surface area contributed by atoms with Crippen molar-refractivity contribution in [2.24, 2.45) is 5.10 Å². The molecular weight excluding hydrogens is 374 g/mol. The van der Waals surface area contributed by atoms with E-state index in [2.05, 4.69) is 31.4 Å². The number of hydrogen-bond acceptors (Lipinski definition) is 8. The Hall–Kier alpha value is -3.08. The first-order valence-electron chi connectivity index (χ1n) is 5.95. The molecule has 1 heterocycles. The van der Waals surface area contributed by atoms with Crippen LogP contribution in [0, 0.1) is 20.2 Å². The molecule has 10 nitrogen and oxygen atoms in total. The summed E-state index contributed by atoms with van der Waals surface area (Å²) in [4.78, 5) is 24.1. The second-order valence-corrected chi connectivity index (χ2v) is 4.98. The molecule has 0 aliphatic carbocycles. The van der Waals surface area contributed by atoms with Crippen LogP contribution in [0.5, 0.6) is 5.75 Å². The minimum atomic E-state index is -0.742. The van der Waals surface area contributed by atoms with Gasteiger partial charge in [0, 0.05) is 23.9 Å². The van der Waals surface area contributed by atoms with Crippen molar-refractivity contribution in [1.29, 1.82) is 0 Å². The SMILES string of the molecule is O=[N+]([O-])c1cccnc1N/N=C\c1cc(Br)c(O)c([N+](=O)[O-])c1. The Labute approximate surface area is 136 Å². The van der Waals surface area contributed by atoms with Crippen LogP contribution < -0.4 is 5.43 Å². The highest BCUT2D eigenvalue weighted by Crippen LogP contribution is 2.34. The average molecular weight is 382 g/mol. The van der Waals surface area contributed by atoms with Gasteiger partial charge in [0.25, 0.3) is 0 Å². The van der Waals surface area contributed by atoms with Gasteiger partial charge in [-0.3, -0.25) is 25.7 Å². The second-order valence-electron chi connectivity index (χ2n) is 4.13.